The molecule has 1 aliphatic carbocycles. The van der Waals surface area contributed by atoms with Crippen LogP contribution in [0.3, 0.4) is 0 Å². The third-order valence-corrected chi connectivity index (χ3v) is 8.73. The molecule has 41 heavy (non-hydrogen) atoms. The first kappa shape index (κ1) is 28.9. The van der Waals surface area contributed by atoms with E-state index in [-0.39, 0.29) is 17.6 Å². The summed E-state index contributed by atoms with van der Waals surface area (Å²) in [7, 11) is 4.27. The number of benzene rings is 3. The number of likely N-dealkylation sites (N-methyl/N-ethyl adjacent to an activating group) is 1. The average molecular weight is 550 g/mol. The van der Waals surface area contributed by atoms with E-state index in [4.69, 9.17) is 4.74 Å². The standard InChI is InChI=1S/C36H43N3O2/c1-38(2)36(22-7-4-8-23-36)28-37-35(40)32-12-9-13-34(26-32)41-33-20-24-39(25-21-33)27-31-18-16-30(17-19-31)15-14-29-10-5-3-6-11-29/h3,5-6,9-13,16-19,26,33H,4,7-8,20-25,27-28H2,1-2H3,(H,37,40). The summed E-state index contributed by atoms with van der Waals surface area (Å²) in [6, 6.07) is 26.3. The number of hydrogen-bond donors (Lipinski definition) is 1. The van der Waals surface area contributed by atoms with Gasteiger partial charge in [-0.2, -0.15) is 0 Å². The van der Waals surface area contributed by atoms with Crippen LogP contribution < -0.4 is 10.1 Å². The van der Waals surface area contributed by atoms with Crippen molar-refractivity contribution in [2.75, 3.05) is 33.7 Å². The maximum absolute atomic E-state index is 13.0. The number of nitrogens with one attached hydrogen (secondary N) is 1. The highest BCUT2D eigenvalue weighted by Gasteiger charge is 2.34. The molecule has 0 aromatic heterocycles. The third kappa shape index (κ3) is 8.00. The zero-order chi connectivity index (χ0) is 28.5. The van der Waals surface area contributed by atoms with Crippen molar-refractivity contribution in [1.29, 1.82) is 0 Å². The number of likely N-dealkylation sites (tertiary alicyclic amines) is 1. The zero-order valence-corrected chi connectivity index (χ0v) is 24.6. The van der Waals surface area contributed by atoms with Crippen molar-refractivity contribution in [1.82, 2.24) is 15.1 Å². The average Bonchev–Trinajstić information content (AvgIpc) is 3.01. The van der Waals surface area contributed by atoms with E-state index in [0.29, 0.717) is 12.1 Å². The Balaban J connectivity index is 1.08. The molecule has 0 bridgehead atoms. The Morgan fingerprint density at radius 2 is 1.59 bits per heavy atom. The van der Waals surface area contributed by atoms with Gasteiger partial charge in [-0.15, -0.1) is 0 Å². The van der Waals surface area contributed by atoms with Crippen molar-refractivity contribution in [3.05, 3.63) is 101 Å². The molecule has 1 amide bonds. The van der Waals surface area contributed by atoms with Crippen LogP contribution in [0.5, 0.6) is 5.75 Å². The minimum Gasteiger partial charge on any atom is -0.490 e. The van der Waals surface area contributed by atoms with E-state index in [0.717, 1.165) is 62.2 Å². The number of piperidine rings is 1. The van der Waals surface area contributed by atoms with Crippen LogP contribution in [0.1, 0.15) is 72.0 Å². The Bertz CT molecular complexity index is 1330. The first-order chi connectivity index (χ1) is 20.0. The van der Waals surface area contributed by atoms with Crippen molar-refractivity contribution >= 4 is 5.91 Å². The summed E-state index contributed by atoms with van der Waals surface area (Å²) < 4.78 is 6.35. The molecule has 5 heteroatoms. The number of carbonyl (C=O) groups excluding carboxylic acids is 1. The topological polar surface area (TPSA) is 44.8 Å². The van der Waals surface area contributed by atoms with Crippen LogP contribution in [0.15, 0.2) is 78.9 Å². The second-order valence-electron chi connectivity index (χ2n) is 11.8. The molecule has 2 aliphatic rings. The second-order valence-corrected chi connectivity index (χ2v) is 11.8. The van der Waals surface area contributed by atoms with Gasteiger partial charge in [0, 0.05) is 48.4 Å². The predicted octanol–water partition coefficient (Wildman–Crippen LogP) is 6.12. The Kier molecular flexibility index (Phi) is 9.77. The van der Waals surface area contributed by atoms with E-state index < -0.39 is 0 Å². The van der Waals surface area contributed by atoms with Gasteiger partial charge in [0.05, 0.1) is 0 Å². The van der Waals surface area contributed by atoms with E-state index in [1.165, 1.54) is 24.8 Å². The van der Waals surface area contributed by atoms with Gasteiger partial charge in [-0.3, -0.25) is 9.69 Å². The van der Waals surface area contributed by atoms with Crippen molar-refractivity contribution in [2.24, 2.45) is 0 Å². The van der Waals surface area contributed by atoms with E-state index in [9.17, 15) is 4.79 Å². The van der Waals surface area contributed by atoms with Crippen molar-refractivity contribution in [3.63, 3.8) is 0 Å². The molecule has 1 heterocycles. The van der Waals surface area contributed by atoms with Crippen molar-refractivity contribution in [2.45, 2.75) is 63.1 Å². The van der Waals surface area contributed by atoms with Crippen molar-refractivity contribution in [3.8, 4) is 17.6 Å². The van der Waals surface area contributed by atoms with Crippen LogP contribution >= 0.6 is 0 Å². The monoisotopic (exact) mass is 549 g/mol. The van der Waals surface area contributed by atoms with Crippen LogP contribution in [-0.4, -0.2) is 61.1 Å². The minimum absolute atomic E-state index is 0.0193. The molecular weight excluding hydrogens is 506 g/mol. The minimum atomic E-state index is -0.0193. The molecule has 1 aliphatic heterocycles. The second kappa shape index (κ2) is 13.9. The number of carbonyl (C=O) groups is 1. The first-order valence-corrected chi connectivity index (χ1v) is 15.1. The number of amides is 1. The SMILES string of the molecule is CN(C)C1(CNC(=O)c2cccc(OC3CCN(Cc4ccc(C#Cc5ccccc5)cc4)CC3)c2)CCCCC1. The normalized spacial score (nSPS) is 17.4. The molecular formula is C36H43N3O2. The third-order valence-electron chi connectivity index (χ3n) is 8.73. The number of hydrogen-bond acceptors (Lipinski definition) is 4. The molecule has 214 valence electrons. The quantitative estimate of drug-likeness (QED) is 0.344. The maximum atomic E-state index is 13.0. The highest BCUT2D eigenvalue weighted by atomic mass is 16.5. The molecule has 0 spiro atoms. The number of rotatable bonds is 8. The van der Waals surface area contributed by atoms with Gasteiger partial charge in [0.2, 0.25) is 0 Å². The maximum Gasteiger partial charge on any atom is 0.251 e. The lowest BCUT2D eigenvalue weighted by atomic mass is 9.80. The van der Waals surface area contributed by atoms with Crippen LogP contribution in [0, 0.1) is 11.8 Å². The fourth-order valence-corrected chi connectivity index (χ4v) is 6.04. The molecule has 2 fully saturated rings. The first-order valence-electron chi connectivity index (χ1n) is 15.1. The largest absolute Gasteiger partial charge is 0.490 e. The van der Waals surface area contributed by atoms with Crippen LogP contribution in [0.25, 0.3) is 0 Å². The predicted molar refractivity (Wildman–Crippen MR) is 166 cm³/mol. The van der Waals surface area contributed by atoms with Gasteiger partial charge in [-0.1, -0.05) is 67.5 Å². The van der Waals surface area contributed by atoms with Gasteiger partial charge in [0.1, 0.15) is 11.9 Å². The van der Waals surface area contributed by atoms with Gasteiger partial charge in [0.15, 0.2) is 0 Å². The molecule has 3 aromatic rings. The Morgan fingerprint density at radius 3 is 2.27 bits per heavy atom. The summed E-state index contributed by atoms with van der Waals surface area (Å²) in [5.41, 5.74) is 4.10. The smallest absolute Gasteiger partial charge is 0.251 e. The molecule has 5 nitrogen and oxygen atoms in total. The van der Waals surface area contributed by atoms with E-state index in [1.807, 2.05) is 54.6 Å². The molecule has 0 radical (unpaired) electrons. The fourth-order valence-electron chi connectivity index (χ4n) is 6.04. The van der Waals surface area contributed by atoms with Gasteiger partial charge >= 0.3 is 0 Å². The van der Waals surface area contributed by atoms with Gasteiger partial charge in [0.25, 0.3) is 5.91 Å². The molecule has 1 saturated heterocycles. The Morgan fingerprint density at radius 1 is 0.902 bits per heavy atom. The summed E-state index contributed by atoms with van der Waals surface area (Å²) in [4.78, 5) is 17.8. The van der Waals surface area contributed by atoms with Gasteiger partial charge in [-0.05, 0) is 87.8 Å². The molecule has 5 rings (SSSR count). The highest BCUT2D eigenvalue weighted by molar-refractivity contribution is 5.94. The number of ether oxygens (including phenoxy) is 1. The van der Waals surface area contributed by atoms with Crippen LogP contribution in [0.4, 0.5) is 0 Å². The lowest BCUT2D eigenvalue weighted by molar-refractivity contribution is 0.0797. The Hall–Kier alpha value is -3.59. The van der Waals surface area contributed by atoms with Crippen LogP contribution in [-0.2, 0) is 6.54 Å². The van der Waals surface area contributed by atoms with E-state index in [2.05, 4.69) is 65.3 Å². The summed E-state index contributed by atoms with van der Waals surface area (Å²) in [6.45, 7) is 3.61. The molecule has 0 atom stereocenters. The lowest BCUT2D eigenvalue weighted by Gasteiger charge is -2.43. The van der Waals surface area contributed by atoms with E-state index >= 15 is 0 Å². The van der Waals surface area contributed by atoms with E-state index in [1.54, 1.807) is 0 Å². The molecule has 1 saturated carbocycles. The number of nitrogens with zero attached hydrogens (tertiary/aromatic N) is 2. The summed E-state index contributed by atoms with van der Waals surface area (Å²) in [6.07, 6.45) is 8.14. The summed E-state index contributed by atoms with van der Waals surface area (Å²) >= 11 is 0. The molecule has 3 aromatic carbocycles. The van der Waals surface area contributed by atoms with Crippen molar-refractivity contribution < 1.29 is 9.53 Å². The fraction of sp³-hybridized carbons (Fsp3) is 0.417. The van der Waals surface area contributed by atoms with Crippen LogP contribution in [0.2, 0.25) is 0 Å². The summed E-state index contributed by atoms with van der Waals surface area (Å²) in [5, 5.41) is 3.22. The zero-order valence-electron chi connectivity index (χ0n) is 24.6. The lowest BCUT2D eigenvalue weighted by Crippen LogP contribution is -2.53. The van der Waals surface area contributed by atoms with Gasteiger partial charge in [-0.25, -0.2) is 0 Å². The Labute approximate surface area is 245 Å². The van der Waals surface area contributed by atoms with Gasteiger partial charge < -0.3 is 15.0 Å². The molecule has 0 unspecified atom stereocenters. The summed E-state index contributed by atoms with van der Waals surface area (Å²) in [5.74, 6) is 7.24. The molecule has 1 N–H and O–H groups in total. The highest BCUT2D eigenvalue weighted by Crippen LogP contribution is 2.31.